The van der Waals surface area contributed by atoms with E-state index in [0.29, 0.717) is 22.7 Å². The first-order valence-electron chi connectivity index (χ1n) is 6.67. The molecule has 0 aliphatic heterocycles. The fourth-order valence-electron chi connectivity index (χ4n) is 2.17. The van der Waals surface area contributed by atoms with Crippen LogP contribution in [0.4, 0.5) is 5.69 Å². The van der Waals surface area contributed by atoms with E-state index in [-0.39, 0.29) is 5.91 Å². The minimum atomic E-state index is -0.206. The molecular formula is C16H15N3O3. The maximum atomic E-state index is 12.3. The van der Waals surface area contributed by atoms with Crippen LogP contribution in [0.5, 0.6) is 11.5 Å². The summed E-state index contributed by atoms with van der Waals surface area (Å²) in [6, 6.07) is 8.75. The van der Waals surface area contributed by atoms with Crippen LogP contribution in [0.1, 0.15) is 10.4 Å². The van der Waals surface area contributed by atoms with Gasteiger partial charge in [-0.1, -0.05) is 0 Å². The summed E-state index contributed by atoms with van der Waals surface area (Å²) in [6.45, 7) is 0. The number of ether oxygens (including phenoxy) is 2. The lowest BCUT2D eigenvalue weighted by molar-refractivity contribution is 0.102. The summed E-state index contributed by atoms with van der Waals surface area (Å²) in [5, 5.41) is 2.83. The number of methoxy groups -OCH3 is 2. The minimum Gasteiger partial charge on any atom is -0.493 e. The first-order chi connectivity index (χ1) is 10.7. The van der Waals surface area contributed by atoms with Crippen LogP contribution in [0.15, 0.2) is 48.9 Å². The van der Waals surface area contributed by atoms with E-state index in [1.165, 1.54) is 0 Å². The number of pyridine rings is 1. The highest BCUT2D eigenvalue weighted by atomic mass is 16.5. The van der Waals surface area contributed by atoms with Crippen molar-refractivity contribution in [2.24, 2.45) is 0 Å². The zero-order valence-electron chi connectivity index (χ0n) is 12.2. The highest BCUT2D eigenvalue weighted by Crippen LogP contribution is 2.29. The van der Waals surface area contributed by atoms with Gasteiger partial charge in [0.05, 0.1) is 19.8 Å². The molecule has 0 radical (unpaired) electrons. The van der Waals surface area contributed by atoms with Crippen LogP contribution in [0, 0.1) is 0 Å². The van der Waals surface area contributed by atoms with Gasteiger partial charge in [0.1, 0.15) is 5.65 Å². The van der Waals surface area contributed by atoms with Crippen LogP contribution in [0.2, 0.25) is 0 Å². The number of nitrogens with one attached hydrogen (secondary N) is 1. The van der Waals surface area contributed by atoms with Gasteiger partial charge in [0.25, 0.3) is 5.91 Å². The third-order valence-corrected chi connectivity index (χ3v) is 3.29. The van der Waals surface area contributed by atoms with Gasteiger partial charge in [-0.05, 0) is 24.3 Å². The summed E-state index contributed by atoms with van der Waals surface area (Å²) in [5.41, 5.74) is 1.97. The van der Waals surface area contributed by atoms with Gasteiger partial charge in [-0.15, -0.1) is 0 Å². The number of hydrogen-bond acceptors (Lipinski definition) is 4. The van der Waals surface area contributed by atoms with Gasteiger partial charge in [0.15, 0.2) is 11.5 Å². The molecule has 0 aliphatic carbocycles. The number of amides is 1. The standard InChI is InChI=1S/C16H15N3O3/c1-21-13-5-4-12(9-14(13)22-2)18-16(20)11-3-6-15-17-7-8-19(15)10-11/h3-10H,1-2H3,(H,18,20). The number of fused-ring (bicyclic) bond motifs is 1. The largest absolute Gasteiger partial charge is 0.493 e. The molecule has 0 atom stereocenters. The Labute approximate surface area is 127 Å². The molecule has 3 aromatic rings. The smallest absolute Gasteiger partial charge is 0.257 e. The van der Waals surface area contributed by atoms with Gasteiger partial charge in [-0.3, -0.25) is 4.79 Å². The Kier molecular flexibility index (Phi) is 3.65. The molecule has 1 N–H and O–H groups in total. The van der Waals surface area contributed by atoms with Crippen LogP contribution < -0.4 is 14.8 Å². The number of anilines is 1. The average molecular weight is 297 g/mol. The molecule has 22 heavy (non-hydrogen) atoms. The van der Waals surface area contributed by atoms with Crippen LogP contribution >= 0.6 is 0 Å². The lowest BCUT2D eigenvalue weighted by Gasteiger charge is -2.10. The zero-order chi connectivity index (χ0) is 15.5. The highest BCUT2D eigenvalue weighted by Gasteiger charge is 2.10. The van der Waals surface area contributed by atoms with E-state index in [0.717, 1.165) is 5.65 Å². The molecule has 0 saturated heterocycles. The van der Waals surface area contributed by atoms with E-state index in [4.69, 9.17) is 9.47 Å². The van der Waals surface area contributed by atoms with Gasteiger partial charge in [-0.2, -0.15) is 0 Å². The molecule has 1 amide bonds. The van der Waals surface area contributed by atoms with Crippen molar-refractivity contribution in [3.63, 3.8) is 0 Å². The van der Waals surface area contributed by atoms with Crippen LogP contribution in [-0.2, 0) is 0 Å². The Morgan fingerprint density at radius 2 is 1.95 bits per heavy atom. The molecule has 6 heteroatoms. The summed E-state index contributed by atoms with van der Waals surface area (Å²) >= 11 is 0. The maximum absolute atomic E-state index is 12.3. The molecule has 0 fully saturated rings. The molecular weight excluding hydrogens is 282 g/mol. The highest BCUT2D eigenvalue weighted by molar-refractivity contribution is 6.04. The van der Waals surface area contributed by atoms with Crippen LogP contribution in [-0.4, -0.2) is 29.5 Å². The molecule has 0 unspecified atom stereocenters. The van der Waals surface area contributed by atoms with E-state index in [2.05, 4.69) is 10.3 Å². The third kappa shape index (κ3) is 2.58. The van der Waals surface area contributed by atoms with E-state index in [1.807, 2.05) is 0 Å². The quantitative estimate of drug-likeness (QED) is 0.804. The SMILES string of the molecule is COc1ccc(NC(=O)c2ccc3nccn3c2)cc1OC. The zero-order valence-corrected chi connectivity index (χ0v) is 12.2. The lowest BCUT2D eigenvalue weighted by atomic mass is 10.2. The third-order valence-electron chi connectivity index (χ3n) is 3.29. The minimum absolute atomic E-state index is 0.206. The molecule has 2 aromatic heterocycles. The second kappa shape index (κ2) is 5.77. The molecule has 112 valence electrons. The fraction of sp³-hybridized carbons (Fsp3) is 0.125. The Morgan fingerprint density at radius 3 is 2.73 bits per heavy atom. The van der Waals surface area contributed by atoms with E-state index >= 15 is 0 Å². The molecule has 0 bridgehead atoms. The van der Waals surface area contributed by atoms with Crippen molar-refractivity contribution in [3.05, 3.63) is 54.5 Å². The van der Waals surface area contributed by atoms with Crippen LogP contribution in [0.3, 0.4) is 0 Å². The van der Waals surface area contributed by atoms with Gasteiger partial charge in [0, 0.05) is 30.3 Å². The van der Waals surface area contributed by atoms with Gasteiger partial charge < -0.3 is 19.2 Å². The van der Waals surface area contributed by atoms with Crippen molar-refractivity contribution in [1.82, 2.24) is 9.38 Å². The van der Waals surface area contributed by atoms with Crippen molar-refractivity contribution in [3.8, 4) is 11.5 Å². The summed E-state index contributed by atoms with van der Waals surface area (Å²) in [5.74, 6) is 0.966. The van der Waals surface area contributed by atoms with Crippen molar-refractivity contribution in [2.75, 3.05) is 19.5 Å². The molecule has 3 rings (SSSR count). The van der Waals surface area contributed by atoms with E-state index < -0.39 is 0 Å². The summed E-state index contributed by atoms with van der Waals surface area (Å²) in [6.07, 6.45) is 5.21. The van der Waals surface area contributed by atoms with Crippen molar-refractivity contribution in [1.29, 1.82) is 0 Å². The molecule has 0 spiro atoms. The number of benzene rings is 1. The van der Waals surface area contributed by atoms with E-state index in [1.54, 1.807) is 67.5 Å². The normalized spacial score (nSPS) is 10.5. The van der Waals surface area contributed by atoms with Crippen molar-refractivity contribution < 1.29 is 14.3 Å². The van der Waals surface area contributed by atoms with Gasteiger partial charge in [-0.25, -0.2) is 4.98 Å². The molecule has 1 aromatic carbocycles. The molecule has 6 nitrogen and oxygen atoms in total. The Morgan fingerprint density at radius 1 is 1.14 bits per heavy atom. The topological polar surface area (TPSA) is 64.9 Å². The summed E-state index contributed by atoms with van der Waals surface area (Å²) < 4.78 is 12.2. The second-order valence-corrected chi connectivity index (χ2v) is 4.63. The Bertz CT molecular complexity index is 826. The molecule has 0 aliphatic rings. The predicted molar refractivity (Wildman–Crippen MR) is 82.7 cm³/mol. The number of carbonyl (C=O) groups excluding carboxylic acids is 1. The fourth-order valence-corrected chi connectivity index (χ4v) is 2.17. The predicted octanol–water partition coefficient (Wildman–Crippen LogP) is 2.60. The number of nitrogens with zero attached hydrogens (tertiary/aromatic N) is 2. The van der Waals surface area contributed by atoms with Gasteiger partial charge in [0.2, 0.25) is 0 Å². The van der Waals surface area contributed by atoms with Gasteiger partial charge >= 0.3 is 0 Å². The number of aromatic nitrogens is 2. The van der Waals surface area contributed by atoms with E-state index in [9.17, 15) is 4.79 Å². The number of imidazole rings is 1. The Balaban J connectivity index is 1.84. The molecule has 2 heterocycles. The number of rotatable bonds is 4. The molecule has 0 saturated carbocycles. The number of carbonyl (C=O) groups is 1. The van der Waals surface area contributed by atoms with Crippen molar-refractivity contribution >= 4 is 17.2 Å². The average Bonchev–Trinajstić information content (AvgIpc) is 3.02. The maximum Gasteiger partial charge on any atom is 0.257 e. The summed E-state index contributed by atoms with van der Waals surface area (Å²) in [4.78, 5) is 16.5. The van der Waals surface area contributed by atoms with Crippen molar-refractivity contribution in [2.45, 2.75) is 0 Å². The summed E-state index contributed by atoms with van der Waals surface area (Å²) in [7, 11) is 3.12. The first-order valence-corrected chi connectivity index (χ1v) is 6.67. The monoisotopic (exact) mass is 297 g/mol. The van der Waals surface area contributed by atoms with Crippen LogP contribution in [0.25, 0.3) is 5.65 Å². The lowest BCUT2D eigenvalue weighted by Crippen LogP contribution is -2.12. The second-order valence-electron chi connectivity index (χ2n) is 4.63. The Hall–Kier alpha value is -3.02. The first kappa shape index (κ1) is 13.9. The number of hydrogen-bond donors (Lipinski definition) is 1.